The molecule has 0 aliphatic carbocycles. The summed E-state index contributed by atoms with van der Waals surface area (Å²) in [4.78, 5) is 0. The molecule has 0 fully saturated rings. The lowest BCUT2D eigenvalue weighted by molar-refractivity contribution is 0.392. The fourth-order valence-electron chi connectivity index (χ4n) is 2.02. The summed E-state index contributed by atoms with van der Waals surface area (Å²) in [6.45, 7) is 5.95. The maximum atomic E-state index is 13.1. The number of furan rings is 1. The number of nitrogens with one attached hydrogen (secondary N) is 1. The van der Waals surface area contributed by atoms with Crippen LogP contribution in [0.3, 0.4) is 0 Å². The molecular weight excluding hydrogens is 265 g/mol. The molecule has 2 rings (SSSR count). The van der Waals surface area contributed by atoms with Crippen molar-refractivity contribution < 1.29 is 8.81 Å². The Morgan fingerprint density at radius 2 is 1.89 bits per heavy atom. The van der Waals surface area contributed by atoms with E-state index in [9.17, 15) is 4.39 Å². The molecule has 2 aromatic rings. The van der Waals surface area contributed by atoms with Crippen LogP contribution in [0.4, 0.5) is 4.39 Å². The van der Waals surface area contributed by atoms with Crippen LogP contribution in [-0.2, 0) is 0 Å². The quantitative estimate of drug-likeness (QED) is 0.871. The summed E-state index contributed by atoms with van der Waals surface area (Å²) in [5.41, 5.74) is 0.946. The zero-order chi connectivity index (χ0) is 14.0. The molecule has 0 aliphatic rings. The third-order valence-corrected chi connectivity index (χ3v) is 3.42. The third kappa shape index (κ3) is 3.37. The minimum absolute atomic E-state index is 0.0542. The SMILES string of the molecule is Cc1ccc(C(C)NC(C)c2ccc(F)c(Cl)c2)o1. The number of benzene rings is 1. The highest BCUT2D eigenvalue weighted by Crippen LogP contribution is 2.24. The van der Waals surface area contributed by atoms with Crippen LogP contribution < -0.4 is 5.32 Å². The standard InChI is InChI=1S/C15H17ClFNO/c1-9-4-7-15(19-9)11(3)18-10(2)12-5-6-14(17)13(16)8-12/h4-8,10-11,18H,1-3H3. The van der Waals surface area contributed by atoms with E-state index >= 15 is 0 Å². The van der Waals surface area contributed by atoms with E-state index < -0.39 is 5.82 Å². The summed E-state index contributed by atoms with van der Waals surface area (Å²) < 4.78 is 18.7. The molecule has 0 saturated heterocycles. The summed E-state index contributed by atoms with van der Waals surface area (Å²) in [5, 5.41) is 3.54. The van der Waals surface area contributed by atoms with Crippen molar-refractivity contribution in [2.24, 2.45) is 0 Å². The molecule has 1 N–H and O–H groups in total. The fourth-order valence-corrected chi connectivity index (χ4v) is 2.21. The first-order valence-corrected chi connectivity index (χ1v) is 6.62. The number of hydrogen-bond acceptors (Lipinski definition) is 2. The highest BCUT2D eigenvalue weighted by atomic mass is 35.5. The van der Waals surface area contributed by atoms with E-state index in [0.717, 1.165) is 17.1 Å². The predicted molar refractivity (Wildman–Crippen MR) is 74.8 cm³/mol. The van der Waals surface area contributed by atoms with Crippen LogP contribution in [-0.4, -0.2) is 0 Å². The number of aryl methyl sites for hydroxylation is 1. The van der Waals surface area contributed by atoms with Gasteiger partial charge in [0.15, 0.2) is 0 Å². The molecule has 2 nitrogen and oxygen atoms in total. The molecule has 1 heterocycles. The minimum Gasteiger partial charge on any atom is -0.465 e. The lowest BCUT2D eigenvalue weighted by atomic mass is 10.1. The Bertz CT molecular complexity index is 567. The highest BCUT2D eigenvalue weighted by Gasteiger charge is 2.14. The molecule has 19 heavy (non-hydrogen) atoms. The first kappa shape index (κ1) is 14.1. The van der Waals surface area contributed by atoms with Crippen molar-refractivity contribution >= 4 is 11.6 Å². The van der Waals surface area contributed by atoms with Crippen molar-refractivity contribution in [2.75, 3.05) is 0 Å². The molecule has 1 aromatic carbocycles. The summed E-state index contributed by atoms with van der Waals surface area (Å²) in [7, 11) is 0. The summed E-state index contributed by atoms with van der Waals surface area (Å²) in [6.07, 6.45) is 0. The van der Waals surface area contributed by atoms with E-state index in [1.807, 2.05) is 32.9 Å². The molecule has 102 valence electrons. The summed E-state index contributed by atoms with van der Waals surface area (Å²) >= 11 is 5.79. The van der Waals surface area contributed by atoms with Crippen molar-refractivity contribution in [2.45, 2.75) is 32.9 Å². The van der Waals surface area contributed by atoms with Gasteiger partial charge in [-0.2, -0.15) is 0 Å². The third-order valence-electron chi connectivity index (χ3n) is 3.13. The second-order valence-corrected chi connectivity index (χ2v) is 5.14. The maximum absolute atomic E-state index is 13.1. The van der Waals surface area contributed by atoms with Gasteiger partial charge < -0.3 is 9.73 Å². The Morgan fingerprint density at radius 1 is 1.16 bits per heavy atom. The fraction of sp³-hybridized carbons (Fsp3) is 0.333. The summed E-state index contributed by atoms with van der Waals surface area (Å²) in [6, 6.07) is 8.79. The Balaban J connectivity index is 2.07. The lowest BCUT2D eigenvalue weighted by Gasteiger charge is -2.19. The largest absolute Gasteiger partial charge is 0.465 e. The van der Waals surface area contributed by atoms with E-state index in [1.54, 1.807) is 12.1 Å². The van der Waals surface area contributed by atoms with Crippen molar-refractivity contribution in [3.8, 4) is 0 Å². The van der Waals surface area contributed by atoms with E-state index in [0.29, 0.717) is 0 Å². The van der Waals surface area contributed by atoms with Gasteiger partial charge in [-0.25, -0.2) is 4.39 Å². The second kappa shape index (κ2) is 5.76. The zero-order valence-corrected chi connectivity index (χ0v) is 12.0. The zero-order valence-electron chi connectivity index (χ0n) is 11.2. The molecule has 4 heteroatoms. The molecule has 0 saturated carbocycles. The summed E-state index contributed by atoms with van der Waals surface area (Å²) in [5.74, 6) is 1.38. The average molecular weight is 282 g/mol. The van der Waals surface area contributed by atoms with Crippen molar-refractivity contribution in [3.05, 3.63) is 58.3 Å². The van der Waals surface area contributed by atoms with Gasteiger partial charge in [-0.05, 0) is 50.6 Å². The predicted octanol–water partition coefficient (Wildman–Crippen LogP) is 4.79. The topological polar surface area (TPSA) is 25.2 Å². The van der Waals surface area contributed by atoms with Crippen molar-refractivity contribution in [1.29, 1.82) is 0 Å². The second-order valence-electron chi connectivity index (χ2n) is 4.73. The Kier molecular flexibility index (Phi) is 4.27. The van der Waals surface area contributed by atoms with E-state index in [4.69, 9.17) is 16.0 Å². The van der Waals surface area contributed by atoms with Crippen molar-refractivity contribution in [1.82, 2.24) is 5.32 Å². The Morgan fingerprint density at radius 3 is 2.47 bits per heavy atom. The molecule has 2 atom stereocenters. The smallest absolute Gasteiger partial charge is 0.141 e. The Labute approximate surface area is 117 Å². The molecule has 1 aromatic heterocycles. The van der Waals surface area contributed by atoms with Crippen LogP contribution >= 0.6 is 11.6 Å². The lowest BCUT2D eigenvalue weighted by Crippen LogP contribution is -2.22. The van der Waals surface area contributed by atoms with Gasteiger partial charge in [0.1, 0.15) is 17.3 Å². The molecule has 0 amide bonds. The normalized spacial score (nSPS) is 14.4. The monoisotopic (exact) mass is 281 g/mol. The van der Waals surface area contributed by atoms with Gasteiger partial charge in [0.2, 0.25) is 0 Å². The first-order valence-electron chi connectivity index (χ1n) is 6.24. The van der Waals surface area contributed by atoms with Crippen LogP contribution in [0.2, 0.25) is 5.02 Å². The van der Waals surface area contributed by atoms with Crippen LogP contribution in [0.15, 0.2) is 34.7 Å². The van der Waals surface area contributed by atoms with Crippen LogP contribution in [0.1, 0.15) is 43.0 Å². The van der Waals surface area contributed by atoms with Crippen LogP contribution in [0.5, 0.6) is 0 Å². The van der Waals surface area contributed by atoms with E-state index in [2.05, 4.69) is 5.32 Å². The van der Waals surface area contributed by atoms with Gasteiger partial charge >= 0.3 is 0 Å². The number of halogens is 2. The van der Waals surface area contributed by atoms with Gasteiger partial charge in [-0.15, -0.1) is 0 Å². The van der Waals surface area contributed by atoms with Gasteiger partial charge in [0, 0.05) is 6.04 Å². The van der Waals surface area contributed by atoms with Gasteiger partial charge in [0.05, 0.1) is 11.1 Å². The highest BCUT2D eigenvalue weighted by molar-refractivity contribution is 6.30. The van der Waals surface area contributed by atoms with Gasteiger partial charge in [0.25, 0.3) is 0 Å². The number of rotatable bonds is 4. The van der Waals surface area contributed by atoms with Crippen LogP contribution in [0, 0.1) is 12.7 Å². The first-order chi connectivity index (χ1) is 8.97. The maximum Gasteiger partial charge on any atom is 0.141 e. The molecule has 0 bridgehead atoms. The minimum atomic E-state index is -0.396. The van der Waals surface area contributed by atoms with E-state index in [-0.39, 0.29) is 17.1 Å². The van der Waals surface area contributed by atoms with Crippen molar-refractivity contribution in [3.63, 3.8) is 0 Å². The molecule has 0 radical (unpaired) electrons. The molecule has 0 spiro atoms. The molecule has 2 unspecified atom stereocenters. The molecular formula is C15H17ClFNO. The Hall–Kier alpha value is -1.32. The number of hydrogen-bond donors (Lipinski definition) is 1. The average Bonchev–Trinajstić information content (AvgIpc) is 2.79. The van der Waals surface area contributed by atoms with Gasteiger partial charge in [-0.1, -0.05) is 17.7 Å². The van der Waals surface area contributed by atoms with Crippen LogP contribution in [0.25, 0.3) is 0 Å². The van der Waals surface area contributed by atoms with E-state index in [1.165, 1.54) is 6.07 Å². The van der Waals surface area contributed by atoms with Gasteiger partial charge in [-0.3, -0.25) is 0 Å². The molecule has 0 aliphatic heterocycles.